The lowest BCUT2D eigenvalue weighted by Crippen LogP contribution is -2.39. The zero-order valence-electron chi connectivity index (χ0n) is 15.4. The van der Waals surface area contributed by atoms with E-state index in [0.717, 1.165) is 24.8 Å². The smallest absolute Gasteiger partial charge is 0.193 e. The van der Waals surface area contributed by atoms with E-state index in [2.05, 4.69) is 43.2 Å². The van der Waals surface area contributed by atoms with Crippen molar-refractivity contribution in [1.29, 1.82) is 0 Å². The Morgan fingerprint density at radius 1 is 1.17 bits per heavy atom. The Labute approximate surface area is 163 Å². The van der Waals surface area contributed by atoms with Crippen LogP contribution in [0.2, 0.25) is 0 Å². The summed E-state index contributed by atoms with van der Waals surface area (Å²) in [6.45, 7) is 8.03. The lowest BCUT2D eigenvalue weighted by molar-refractivity contribution is 0.146. The molecule has 0 aliphatic carbocycles. The summed E-state index contributed by atoms with van der Waals surface area (Å²) in [5, 5.41) is 3.34. The Bertz CT molecular complexity index is 452. The lowest BCUT2D eigenvalue weighted by Gasteiger charge is -2.21. The van der Waals surface area contributed by atoms with E-state index in [-0.39, 0.29) is 24.0 Å². The highest BCUT2D eigenvalue weighted by atomic mass is 127. The monoisotopic (exact) mass is 449 g/mol. The second-order valence-corrected chi connectivity index (χ2v) is 5.43. The van der Waals surface area contributed by atoms with Crippen molar-refractivity contribution in [2.24, 2.45) is 4.99 Å². The molecule has 0 aliphatic rings. The van der Waals surface area contributed by atoms with Gasteiger partial charge in [-0.05, 0) is 31.0 Å². The highest BCUT2D eigenvalue weighted by Gasteiger charge is 2.04. The van der Waals surface area contributed by atoms with Crippen LogP contribution in [0, 0.1) is 0 Å². The zero-order chi connectivity index (χ0) is 16.9. The number of ether oxygens (including phenoxy) is 2. The average molecular weight is 449 g/mol. The van der Waals surface area contributed by atoms with Gasteiger partial charge < -0.3 is 19.7 Å². The summed E-state index contributed by atoms with van der Waals surface area (Å²) in [4.78, 5) is 6.90. The summed E-state index contributed by atoms with van der Waals surface area (Å²) < 4.78 is 10.5. The van der Waals surface area contributed by atoms with Crippen LogP contribution in [-0.2, 0) is 11.3 Å². The first-order valence-corrected chi connectivity index (χ1v) is 8.41. The van der Waals surface area contributed by atoms with Gasteiger partial charge in [0, 0.05) is 27.2 Å². The number of rotatable bonds is 10. The number of halogens is 1. The fraction of sp³-hybridized carbons (Fsp3) is 0.611. The van der Waals surface area contributed by atoms with E-state index in [1.807, 2.05) is 12.1 Å². The maximum Gasteiger partial charge on any atom is 0.193 e. The van der Waals surface area contributed by atoms with Crippen LogP contribution in [-0.4, -0.2) is 51.3 Å². The first-order valence-electron chi connectivity index (χ1n) is 8.41. The predicted octanol–water partition coefficient (Wildman–Crippen LogP) is 3.53. The quantitative estimate of drug-likeness (QED) is 0.257. The van der Waals surface area contributed by atoms with Gasteiger partial charge >= 0.3 is 0 Å². The number of nitrogens with zero attached hydrogens (tertiary/aromatic N) is 2. The summed E-state index contributed by atoms with van der Waals surface area (Å²) in [7, 11) is 3.76. The fourth-order valence-electron chi connectivity index (χ4n) is 2.07. The molecule has 0 bridgehead atoms. The molecular formula is C18H32IN3O2. The van der Waals surface area contributed by atoms with E-state index in [0.29, 0.717) is 19.8 Å². The number of guanidine groups is 1. The van der Waals surface area contributed by atoms with Gasteiger partial charge in [0.25, 0.3) is 0 Å². The zero-order valence-corrected chi connectivity index (χ0v) is 17.7. The van der Waals surface area contributed by atoms with E-state index in [9.17, 15) is 0 Å². The summed E-state index contributed by atoms with van der Waals surface area (Å²) in [5.41, 5.74) is 1.17. The molecule has 0 amide bonds. The van der Waals surface area contributed by atoms with Crippen LogP contribution < -0.4 is 10.1 Å². The van der Waals surface area contributed by atoms with Crippen molar-refractivity contribution in [2.45, 2.75) is 33.2 Å². The molecule has 0 saturated heterocycles. The van der Waals surface area contributed by atoms with Crippen LogP contribution >= 0.6 is 24.0 Å². The topological polar surface area (TPSA) is 46.1 Å². The standard InChI is InChI=1S/C18H31N3O2.HI/c1-5-7-12-21(3)18(19-6-2)20-15-16-8-10-17(11-9-16)23-14-13-22-4;/h8-11H,5-7,12-15H2,1-4H3,(H,19,20);1H. The van der Waals surface area contributed by atoms with Gasteiger partial charge in [-0.1, -0.05) is 25.5 Å². The van der Waals surface area contributed by atoms with Gasteiger partial charge in [0.2, 0.25) is 0 Å². The van der Waals surface area contributed by atoms with Crippen LogP contribution in [0.15, 0.2) is 29.3 Å². The molecule has 0 heterocycles. The highest BCUT2D eigenvalue weighted by molar-refractivity contribution is 14.0. The van der Waals surface area contributed by atoms with Crippen molar-refractivity contribution in [2.75, 3.05) is 40.5 Å². The fourth-order valence-corrected chi connectivity index (χ4v) is 2.07. The molecule has 1 aromatic rings. The Morgan fingerprint density at radius 3 is 2.46 bits per heavy atom. The number of aliphatic imine (C=N–C) groups is 1. The SMILES string of the molecule is CCCCN(C)C(=NCc1ccc(OCCOC)cc1)NCC.I. The number of nitrogens with one attached hydrogen (secondary N) is 1. The molecule has 0 radical (unpaired) electrons. The van der Waals surface area contributed by atoms with E-state index in [1.165, 1.54) is 18.4 Å². The molecule has 0 spiro atoms. The van der Waals surface area contributed by atoms with Gasteiger partial charge in [0.05, 0.1) is 13.2 Å². The molecule has 0 atom stereocenters. The minimum atomic E-state index is 0. The van der Waals surface area contributed by atoms with Crippen LogP contribution in [0.4, 0.5) is 0 Å². The third-order valence-electron chi connectivity index (χ3n) is 3.43. The Morgan fingerprint density at radius 2 is 1.88 bits per heavy atom. The molecule has 6 heteroatoms. The Hall–Kier alpha value is -1.02. The largest absolute Gasteiger partial charge is 0.491 e. The molecule has 0 saturated carbocycles. The summed E-state index contributed by atoms with van der Waals surface area (Å²) in [6.07, 6.45) is 2.36. The molecule has 0 aliphatic heterocycles. The number of unbranched alkanes of at least 4 members (excludes halogenated alkanes) is 1. The minimum absolute atomic E-state index is 0. The predicted molar refractivity (Wildman–Crippen MR) is 112 cm³/mol. The van der Waals surface area contributed by atoms with Crippen LogP contribution in [0.3, 0.4) is 0 Å². The second-order valence-electron chi connectivity index (χ2n) is 5.43. The number of hydrogen-bond donors (Lipinski definition) is 1. The van der Waals surface area contributed by atoms with Gasteiger partial charge in [-0.3, -0.25) is 0 Å². The third kappa shape index (κ3) is 9.32. The molecule has 0 unspecified atom stereocenters. The molecule has 24 heavy (non-hydrogen) atoms. The third-order valence-corrected chi connectivity index (χ3v) is 3.43. The highest BCUT2D eigenvalue weighted by Crippen LogP contribution is 2.13. The number of benzene rings is 1. The van der Waals surface area contributed by atoms with E-state index in [4.69, 9.17) is 14.5 Å². The molecular weight excluding hydrogens is 417 g/mol. The maximum absolute atomic E-state index is 5.57. The van der Waals surface area contributed by atoms with Crippen molar-refractivity contribution in [1.82, 2.24) is 10.2 Å². The summed E-state index contributed by atoms with van der Waals surface area (Å²) in [5.74, 6) is 1.82. The number of hydrogen-bond acceptors (Lipinski definition) is 3. The van der Waals surface area contributed by atoms with Gasteiger partial charge in [0.1, 0.15) is 12.4 Å². The Balaban J connectivity index is 0.00000529. The second kappa shape index (κ2) is 14.3. The van der Waals surface area contributed by atoms with Gasteiger partial charge in [-0.2, -0.15) is 0 Å². The average Bonchev–Trinajstić information content (AvgIpc) is 2.58. The Kier molecular flexibility index (Phi) is 13.7. The minimum Gasteiger partial charge on any atom is -0.491 e. The van der Waals surface area contributed by atoms with Crippen molar-refractivity contribution in [3.05, 3.63) is 29.8 Å². The van der Waals surface area contributed by atoms with E-state index >= 15 is 0 Å². The van der Waals surface area contributed by atoms with E-state index in [1.54, 1.807) is 7.11 Å². The van der Waals surface area contributed by atoms with Crippen LogP contribution in [0.5, 0.6) is 5.75 Å². The van der Waals surface area contributed by atoms with Gasteiger partial charge in [0.15, 0.2) is 5.96 Å². The van der Waals surface area contributed by atoms with E-state index < -0.39 is 0 Å². The molecule has 1 aromatic carbocycles. The van der Waals surface area contributed by atoms with Crippen LogP contribution in [0.1, 0.15) is 32.3 Å². The molecule has 138 valence electrons. The molecule has 5 nitrogen and oxygen atoms in total. The van der Waals surface area contributed by atoms with Crippen molar-refractivity contribution >= 4 is 29.9 Å². The summed E-state index contributed by atoms with van der Waals surface area (Å²) in [6, 6.07) is 8.07. The lowest BCUT2D eigenvalue weighted by atomic mass is 10.2. The first kappa shape index (κ1) is 23.0. The van der Waals surface area contributed by atoms with Gasteiger partial charge in [-0.25, -0.2) is 4.99 Å². The normalized spacial score (nSPS) is 10.9. The summed E-state index contributed by atoms with van der Waals surface area (Å²) >= 11 is 0. The van der Waals surface area contributed by atoms with Crippen LogP contribution in [0.25, 0.3) is 0 Å². The number of methoxy groups -OCH3 is 1. The molecule has 1 rings (SSSR count). The molecule has 0 aromatic heterocycles. The van der Waals surface area contributed by atoms with Gasteiger partial charge in [-0.15, -0.1) is 24.0 Å². The first-order chi connectivity index (χ1) is 11.2. The molecule has 1 N–H and O–H groups in total. The van der Waals surface area contributed by atoms with Crippen molar-refractivity contribution < 1.29 is 9.47 Å². The molecule has 0 fully saturated rings. The maximum atomic E-state index is 5.57. The van der Waals surface area contributed by atoms with Crippen molar-refractivity contribution in [3.8, 4) is 5.75 Å². The van der Waals surface area contributed by atoms with Crippen molar-refractivity contribution in [3.63, 3.8) is 0 Å².